The van der Waals surface area contributed by atoms with Gasteiger partial charge in [-0.3, -0.25) is 0 Å². The number of nitrogens with one attached hydrogen (secondary N) is 1. The minimum Gasteiger partial charge on any atom is -0.497 e. The summed E-state index contributed by atoms with van der Waals surface area (Å²) in [5.41, 5.74) is 1.19. The molecular formula is C10H13NO3. The van der Waals surface area contributed by atoms with Gasteiger partial charge in [0.2, 0.25) is 0 Å². The van der Waals surface area contributed by atoms with E-state index in [9.17, 15) is 4.79 Å². The van der Waals surface area contributed by atoms with Crippen LogP contribution in [0.2, 0.25) is 0 Å². The van der Waals surface area contributed by atoms with Crippen LogP contribution in [0.25, 0.3) is 0 Å². The molecule has 0 saturated heterocycles. The van der Waals surface area contributed by atoms with E-state index in [4.69, 9.17) is 4.74 Å². The van der Waals surface area contributed by atoms with Gasteiger partial charge in [-0.15, -0.1) is 0 Å². The topological polar surface area (TPSA) is 47.6 Å². The van der Waals surface area contributed by atoms with Crippen LogP contribution >= 0.6 is 0 Å². The zero-order valence-electron chi connectivity index (χ0n) is 8.46. The summed E-state index contributed by atoms with van der Waals surface area (Å²) in [5, 5.41) is 2.91. The lowest BCUT2D eigenvalue weighted by atomic mass is 10.1. The van der Waals surface area contributed by atoms with Crippen LogP contribution < -0.4 is 10.1 Å². The zero-order chi connectivity index (χ0) is 10.6. The van der Waals surface area contributed by atoms with Gasteiger partial charge in [-0.25, -0.2) is 4.79 Å². The average Bonchev–Trinajstić information content (AvgIpc) is 2.27. The number of hydrogen-bond acceptors (Lipinski definition) is 4. The van der Waals surface area contributed by atoms with Crippen LogP contribution in [0.4, 0.5) is 5.69 Å². The first-order chi connectivity index (χ1) is 6.72. The van der Waals surface area contributed by atoms with Gasteiger partial charge in [0.25, 0.3) is 0 Å². The molecular weight excluding hydrogens is 182 g/mol. The molecule has 1 aromatic carbocycles. The molecule has 0 atom stereocenters. The average molecular weight is 195 g/mol. The van der Waals surface area contributed by atoms with Gasteiger partial charge in [0.1, 0.15) is 5.75 Å². The van der Waals surface area contributed by atoms with Gasteiger partial charge in [-0.2, -0.15) is 0 Å². The number of benzene rings is 1. The highest BCUT2D eigenvalue weighted by Crippen LogP contribution is 2.22. The summed E-state index contributed by atoms with van der Waals surface area (Å²) in [6, 6.07) is 5.18. The van der Waals surface area contributed by atoms with Gasteiger partial charge >= 0.3 is 5.97 Å². The summed E-state index contributed by atoms with van der Waals surface area (Å²) in [4.78, 5) is 11.3. The Bertz CT molecular complexity index is 336. The van der Waals surface area contributed by atoms with Gasteiger partial charge < -0.3 is 14.8 Å². The molecule has 0 bridgehead atoms. The number of hydrogen-bond donors (Lipinski definition) is 1. The first-order valence-electron chi connectivity index (χ1n) is 4.17. The van der Waals surface area contributed by atoms with E-state index in [0.717, 1.165) is 5.69 Å². The summed E-state index contributed by atoms with van der Waals surface area (Å²) in [5.74, 6) is 0.248. The minimum atomic E-state index is -0.381. The lowest BCUT2D eigenvalue weighted by molar-refractivity contribution is 0.0601. The Morgan fingerprint density at radius 1 is 1.36 bits per heavy atom. The summed E-state index contributed by atoms with van der Waals surface area (Å²) in [6.07, 6.45) is 0. The molecule has 0 spiro atoms. The monoisotopic (exact) mass is 195 g/mol. The van der Waals surface area contributed by atoms with E-state index in [1.807, 2.05) is 0 Å². The fraction of sp³-hybridized carbons (Fsp3) is 0.300. The van der Waals surface area contributed by atoms with Crippen molar-refractivity contribution in [2.45, 2.75) is 0 Å². The standard InChI is InChI=1S/C10H13NO3/c1-11-9-5-4-7(13-2)6-8(9)10(12)14-3/h4-6,11H,1-3H3. The second kappa shape index (κ2) is 4.50. The normalized spacial score (nSPS) is 9.36. The van der Waals surface area contributed by atoms with Crippen molar-refractivity contribution in [1.82, 2.24) is 0 Å². The molecule has 4 nitrogen and oxygen atoms in total. The summed E-state index contributed by atoms with van der Waals surface area (Å²) >= 11 is 0. The molecule has 1 rings (SSSR count). The van der Waals surface area contributed by atoms with Crippen LogP contribution in [-0.2, 0) is 4.74 Å². The first kappa shape index (κ1) is 10.4. The van der Waals surface area contributed by atoms with Crippen molar-refractivity contribution in [2.75, 3.05) is 26.6 Å². The molecule has 0 heterocycles. The maximum Gasteiger partial charge on any atom is 0.340 e. The molecule has 0 aliphatic rings. The van der Waals surface area contributed by atoms with Crippen LogP contribution in [0.1, 0.15) is 10.4 Å². The number of rotatable bonds is 3. The number of esters is 1. The Kier molecular flexibility index (Phi) is 3.34. The Morgan fingerprint density at radius 3 is 2.57 bits per heavy atom. The van der Waals surface area contributed by atoms with Crippen LogP contribution in [0, 0.1) is 0 Å². The second-order valence-corrected chi connectivity index (χ2v) is 2.65. The number of carbonyl (C=O) groups excluding carboxylic acids is 1. The lowest BCUT2D eigenvalue weighted by Gasteiger charge is -2.08. The Hall–Kier alpha value is -1.71. The molecule has 0 fully saturated rings. The Balaban J connectivity index is 3.14. The maximum atomic E-state index is 11.3. The fourth-order valence-electron chi connectivity index (χ4n) is 1.15. The third-order valence-corrected chi connectivity index (χ3v) is 1.90. The van der Waals surface area contributed by atoms with Crippen LogP contribution in [0.3, 0.4) is 0 Å². The number of anilines is 1. The Labute approximate surface area is 82.8 Å². The van der Waals surface area contributed by atoms with Gasteiger partial charge in [0, 0.05) is 12.7 Å². The van der Waals surface area contributed by atoms with E-state index < -0.39 is 0 Å². The van der Waals surface area contributed by atoms with Gasteiger partial charge in [0.05, 0.1) is 19.8 Å². The van der Waals surface area contributed by atoms with E-state index in [-0.39, 0.29) is 5.97 Å². The lowest BCUT2D eigenvalue weighted by Crippen LogP contribution is -2.05. The summed E-state index contributed by atoms with van der Waals surface area (Å²) < 4.78 is 9.66. The largest absolute Gasteiger partial charge is 0.497 e. The molecule has 4 heteroatoms. The second-order valence-electron chi connectivity index (χ2n) is 2.65. The summed E-state index contributed by atoms with van der Waals surface area (Å²) in [6.45, 7) is 0. The predicted molar refractivity (Wildman–Crippen MR) is 53.9 cm³/mol. The van der Waals surface area contributed by atoms with Crippen LogP contribution in [0.15, 0.2) is 18.2 Å². The smallest absolute Gasteiger partial charge is 0.340 e. The van der Waals surface area contributed by atoms with Crippen molar-refractivity contribution in [1.29, 1.82) is 0 Å². The molecule has 0 aromatic heterocycles. The number of carbonyl (C=O) groups is 1. The van der Waals surface area contributed by atoms with Crippen molar-refractivity contribution in [3.8, 4) is 5.75 Å². The van der Waals surface area contributed by atoms with E-state index in [2.05, 4.69) is 10.1 Å². The van der Waals surface area contributed by atoms with Crippen molar-refractivity contribution in [2.24, 2.45) is 0 Å². The predicted octanol–water partition coefficient (Wildman–Crippen LogP) is 1.52. The van der Waals surface area contributed by atoms with Crippen molar-refractivity contribution >= 4 is 11.7 Å². The molecule has 0 aliphatic carbocycles. The van der Waals surface area contributed by atoms with Crippen molar-refractivity contribution < 1.29 is 14.3 Å². The van der Waals surface area contributed by atoms with E-state index in [0.29, 0.717) is 11.3 Å². The first-order valence-corrected chi connectivity index (χ1v) is 4.17. The van der Waals surface area contributed by atoms with Crippen LogP contribution in [0.5, 0.6) is 5.75 Å². The van der Waals surface area contributed by atoms with Crippen LogP contribution in [-0.4, -0.2) is 27.2 Å². The SMILES string of the molecule is CNc1ccc(OC)cc1C(=O)OC. The van der Waals surface area contributed by atoms with E-state index in [1.54, 1.807) is 32.4 Å². The third kappa shape index (κ3) is 1.96. The highest BCUT2D eigenvalue weighted by molar-refractivity contribution is 5.96. The number of ether oxygens (including phenoxy) is 2. The zero-order valence-corrected chi connectivity index (χ0v) is 8.46. The molecule has 14 heavy (non-hydrogen) atoms. The van der Waals surface area contributed by atoms with E-state index >= 15 is 0 Å². The van der Waals surface area contributed by atoms with E-state index in [1.165, 1.54) is 7.11 Å². The minimum absolute atomic E-state index is 0.381. The number of methoxy groups -OCH3 is 2. The summed E-state index contributed by atoms with van der Waals surface area (Å²) in [7, 11) is 4.64. The molecule has 0 saturated carbocycles. The van der Waals surface area contributed by atoms with Gasteiger partial charge in [-0.05, 0) is 18.2 Å². The highest BCUT2D eigenvalue weighted by Gasteiger charge is 2.11. The van der Waals surface area contributed by atoms with Gasteiger partial charge in [0.15, 0.2) is 0 Å². The highest BCUT2D eigenvalue weighted by atomic mass is 16.5. The van der Waals surface area contributed by atoms with Crippen molar-refractivity contribution in [3.05, 3.63) is 23.8 Å². The fourth-order valence-corrected chi connectivity index (χ4v) is 1.15. The molecule has 1 N–H and O–H groups in total. The molecule has 76 valence electrons. The molecule has 0 unspecified atom stereocenters. The molecule has 0 aliphatic heterocycles. The van der Waals surface area contributed by atoms with Crippen molar-refractivity contribution in [3.63, 3.8) is 0 Å². The quantitative estimate of drug-likeness (QED) is 0.743. The molecule has 0 amide bonds. The third-order valence-electron chi connectivity index (χ3n) is 1.90. The molecule has 0 radical (unpaired) electrons. The molecule has 1 aromatic rings. The Morgan fingerprint density at radius 2 is 2.07 bits per heavy atom. The van der Waals surface area contributed by atoms with Gasteiger partial charge in [-0.1, -0.05) is 0 Å². The maximum absolute atomic E-state index is 11.3.